The number of rotatable bonds is 15. The van der Waals surface area contributed by atoms with Gasteiger partial charge in [-0.05, 0) is 73.3 Å². The van der Waals surface area contributed by atoms with Crippen LogP contribution in [0.25, 0.3) is 0 Å². The lowest BCUT2D eigenvalue weighted by Gasteiger charge is -2.58. The average molecular weight is 559 g/mol. The number of nitrogens with zero attached hydrogens (tertiary/aromatic N) is 7. The fourth-order valence-corrected chi connectivity index (χ4v) is 7.00. The molecule has 1 atom stereocenters. The third-order valence-electron chi connectivity index (χ3n) is 9.41. The Balaban J connectivity index is 1.75. The second-order valence-corrected chi connectivity index (χ2v) is 13.8. The lowest BCUT2D eigenvalue weighted by Crippen LogP contribution is -2.65. The molecular weight excluding hydrogens is 496 g/mol. The molecule has 230 valence electrons. The summed E-state index contributed by atoms with van der Waals surface area (Å²) < 4.78 is 0. The van der Waals surface area contributed by atoms with E-state index in [1.54, 1.807) is 0 Å². The van der Waals surface area contributed by atoms with E-state index in [4.69, 9.17) is 9.97 Å². The van der Waals surface area contributed by atoms with Crippen LogP contribution in [0.1, 0.15) is 106 Å². The molecule has 1 unspecified atom stereocenters. The van der Waals surface area contributed by atoms with Crippen molar-refractivity contribution in [3.05, 3.63) is 5.82 Å². The predicted molar refractivity (Wildman–Crippen MR) is 170 cm³/mol. The number of piperazine rings is 1. The molecule has 40 heavy (non-hydrogen) atoms. The van der Waals surface area contributed by atoms with E-state index >= 15 is 0 Å². The smallest absolute Gasteiger partial charge is 0.230 e. The molecule has 0 saturated carbocycles. The fraction of sp³-hybridized carbons (Fsp3) is 0.906. The first-order chi connectivity index (χ1) is 19.0. The molecule has 1 aromatic heterocycles. The SMILES string of the molecule is CCCCC(CC)CN1C(C)(C)CC(N(CCCC)c2nc(C)nc(NCCN3CCN(C)CC3)n2)CC1(C)C. The van der Waals surface area contributed by atoms with Gasteiger partial charge in [0.1, 0.15) is 5.82 Å². The van der Waals surface area contributed by atoms with E-state index in [9.17, 15) is 0 Å². The molecule has 0 aliphatic carbocycles. The first-order valence-corrected chi connectivity index (χ1v) is 16.4. The quantitative estimate of drug-likeness (QED) is 0.295. The predicted octanol–water partition coefficient (Wildman–Crippen LogP) is 5.68. The lowest BCUT2D eigenvalue weighted by atomic mass is 9.75. The average Bonchev–Trinajstić information content (AvgIpc) is 2.88. The number of likely N-dealkylation sites (N-methyl/N-ethyl adjacent to an activating group) is 1. The Bertz CT molecular complexity index is 862. The van der Waals surface area contributed by atoms with Crippen molar-refractivity contribution in [2.75, 3.05) is 69.6 Å². The molecule has 0 spiro atoms. The van der Waals surface area contributed by atoms with Crippen LogP contribution in [-0.2, 0) is 0 Å². The van der Waals surface area contributed by atoms with Crippen LogP contribution in [-0.4, -0.2) is 106 Å². The number of unbranched alkanes of at least 4 members (excludes halogenated alkanes) is 2. The summed E-state index contributed by atoms with van der Waals surface area (Å²) >= 11 is 0. The van der Waals surface area contributed by atoms with Crippen LogP contribution in [0.2, 0.25) is 0 Å². The highest BCUT2D eigenvalue weighted by atomic mass is 15.3. The van der Waals surface area contributed by atoms with E-state index in [2.05, 4.69) is 85.4 Å². The van der Waals surface area contributed by atoms with Crippen LogP contribution in [0.4, 0.5) is 11.9 Å². The minimum atomic E-state index is 0.113. The second-order valence-electron chi connectivity index (χ2n) is 13.8. The van der Waals surface area contributed by atoms with E-state index < -0.39 is 0 Å². The molecule has 8 nitrogen and oxygen atoms in total. The van der Waals surface area contributed by atoms with Gasteiger partial charge in [-0.1, -0.05) is 46.5 Å². The molecule has 2 aliphatic heterocycles. The van der Waals surface area contributed by atoms with Crippen LogP contribution >= 0.6 is 0 Å². The Morgan fingerprint density at radius 2 is 1.57 bits per heavy atom. The van der Waals surface area contributed by atoms with Gasteiger partial charge in [-0.2, -0.15) is 15.0 Å². The Morgan fingerprint density at radius 3 is 2.17 bits per heavy atom. The van der Waals surface area contributed by atoms with Gasteiger partial charge in [-0.3, -0.25) is 9.80 Å². The van der Waals surface area contributed by atoms with Crippen molar-refractivity contribution in [1.29, 1.82) is 0 Å². The van der Waals surface area contributed by atoms with Gasteiger partial charge in [0.25, 0.3) is 0 Å². The number of piperidine rings is 1. The summed E-state index contributed by atoms with van der Waals surface area (Å²) in [6.45, 7) is 27.5. The van der Waals surface area contributed by atoms with Gasteiger partial charge in [-0.25, -0.2) is 0 Å². The minimum Gasteiger partial charge on any atom is -0.353 e. The summed E-state index contributed by atoms with van der Waals surface area (Å²) in [6.07, 6.45) is 9.80. The molecule has 2 fully saturated rings. The van der Waals surface area contributed by atoms with Gasteiger partial charge in [0.2, 0.25) is 11.9 Å². The largest absolute Gasteiger partial charge is 0.353 e. The van der Waals surface area contributed by atoms with Crippen molar-refractivity contribution in [3.63, 3.8) is 0 Å². The molecule has 1 aromatic rings. The van der Waals surface area contributed by atoms with Gasteiger partial charge in [-0.15, -0.1) is 0 Å². The number of aryl methyl sites for hydroxylation is 1. The maximum absolute atomic E-state index is 5.02. The van der Waals surface area contributed by atoms with Gasteiger partial charge in [0.15, 0.2) is 0 Å². The Labute approximate surface area is 246 Å². The normalized spacial score (nSPS) is 21.4. The molecule has 1 N–H and O–H groups in total. The fourth-order valence-electron chi connectivity index (χ4n) is 7.00. The molecule has 2 saturated heterocycles. The molecule has 8 heteroatoms. The first-order valence-electron chi connectivity index (χ1n) is 16.4. The van der Waals surface area contributed by atoms with Crippen molar-refractivity contribution < 1.29 is 0 Å². The van der Waals surface area contributed by atoms with Crippen LogP contribution in [0.3, 0.4) is 0 Å². The van der Waals surface area contributed by atoms with Gasteiger partial charge in [0, 0.05) is 69.5 Å². The summed E-state index contributed by atoms with van der Waals surface area (Å²) in [5.74, 6) is 3.14. The van der Waals surface area contributed by atoms with E-state index in [0.29, 0.717) is 6.04 Å². The van der Waals surface area contributed by atoms with E-state index in [0.717, 1.165) is 95.1 Å². The number of nitrogens with one attached hydrogen (secondary N) is 1. The zero-order valence-electron chi connectivity index (χ0n) is 27.6. The van der Waals surface area contributed by atoms with Crippen molar-refractivity contribution in [2.45, 2.75) is 124 Å². The van der Waals surface area contributed by atoms with Crippen LogP contribution < -0.4 is 10.2 Å². The number of likely N-dealkylation sites (tertiary alicyclic amines) is 1. The van der Waals surface area contributed by atoms with E-state index in [-0.39, 0.29) is 11.1 Å². The van der Waals surface area contributed by atoms with Crippen molar-refractivity contribution in [2.24, 2.45) is 5.92 Å². The zero-order chi connectivity index (χ0) is 29.3. The topological polar surface area (TPSA) is 63.7 Å². The molecular formula is C32H62N8. The van der Waals surface area contributed by atoms with Crippen LogP contribution in [0.5, 0.6) is 0 Å². The maximum atomic E-state index is 5.02. The third kappa shape index (κ3) is 9.25. The van der Waals surface area contributed by atoms with E-state index in [1.807, 2.05) is 6.92 Å². The monoisotopic (exact) mass is 559 g/mol. The Hall–Kier alpha value is -1.51. The number of aromatic nitrogens is 3. The summed E-state index contributed by atoms with van der Waals surface area (Å²) in [5, 5.41) is 3.53. The lowest BCUT2D eigenvalue weighted by molar-refractivity contribution is -0.0478. The van der Waals surface area contributed by atoms with E-state index in [1.165, 1.54) is 32.2 Å². The minimum absolute atomic E-state index is 0.113. The third-order valence-corrected chi connectivity index (χ3v) is 9.41. The summed E-state index contributed by atoms with van der Waals surface area (Å²) in [7, 11) is 2.20. The van der Waals surface area contributed by atoms with Crippen LogP contribution in [0.15, 0.2) is 0 Å². The Morgan fingerprint density at radius 1 is 0.925 bits per heavy atom. The zero-order valence-corrected chi connectivity index (χ0v) is 27.6. The molecule has 0 amide bonds. The molecule has 0 aromatic carbocycles. The van der Waals surface area contributed by atoms with Crippen molar-refractivity contribution in [3.8, 4) is 0 Å². The summed E-state index contributed by atoms with van der Waals surface area (Å²) in [5.41, 5.74) is 0.227. The number of hydrogen-bond donors (Lipinski definition) is 1. The van der Waals surface area contributed by atoms with Gasteiger partial charge in [0.05, 0.1) is 0 Å². The highest BCUT2D eigenvalue weighted by Gasteiger charge is 2.47. The number of hydrogen-bond acceptors (Lipinski definition) is 8. The maximum Gasteiger partial charge on any atom is 0.230 e. The van der Waals surface area contributed by atoms with Gasteiger partial charge < -0.3 is 15.1 Å². The summed E-state index contributed by atoms with van der Waals surface area (Å²) in [4.78, 5) is 24.9. The first kappa shape index (κ1) is 33.0. The highest BCUT2D eigenvalue weighted by Crippen LogP contribution is 2.42. The highest BCUT2D eigenvalue weighted by molar-refractivity contribution is 5.39. The summed E-state index contributed by atoms with van der Waals surface area (Å²) in [6, 6.07) is 0.406. The Kier molecular flexibility index (Phi) is 12.5. The molecule has 0 radical (unpaired) electrons. The van der Waals surface area contributed by atoms with Gasteiger partial charge >= 0.3 is 0 Å². The van der Waals surface area contributed by atoms with Crippen LogP contribution in [0, 0.1) is 12.8 Å². The van der Waals surface area contributed by atoms with Crippen molar-refractivity contribution >= 4 is 11.9 Å². The second kappa shape index (κ2) is 15.1. The standard InChI is InChI=1S/C32H62N8/c1-10-13-15-27(12-3)25-40-31(5,6)23-28(24-32(40,7)8)39(17-14-11-2)30-35-26(4)34-29(36-30)33-16-18-38-21-19-37(9)20-22-38/h27-28H,10-25H2,1-9H3,(H,33,34,35,36). The van der Waals surface area contributed by atoms with Crippen molar-refractivity contribution in [1.82, 2.24) is 29.7 Å². The molecule has 2 aliphatic rings. The number of anilines is 2. The molecule has 3 rings (SSSR count). The molecule has 0 bridgehead atoms. The molecule has 3 heterocycles.